The van der Waals surface area contributed by atoms with E-state index in [2.05, 4.69) is 125 Å². The second-order valence-electron chi connectivity index (χ2n) is 15.1. The van der Waals surface area contributed by atoms with Crippen LogP contribution in [0.3, 0.4) is 0 Å². The van der Waals surface area contributed by atoms with Gasteiger partial charge in [0.05, 0.1) is 22.3 Å². The Kier molecular flexibility index (Phi) is 11.3. The first-order chi connectivity index (χ1) is 28.9. The summed E-state index contributed by atoms with van der Waals surface area (Å²) in [5, 5.41) is 0.473. The zero-order valence-corrected chi connectivity index (χ0v) is 34.1. The lowest BCUT2D eigenvalue weighted by Gasteiger charge is -2.22. The van der Waals surface area contributed by atoms with E-state index < -0.39 is 5.69 Å². The average Bonchev–Trinajstić information content (AvgIpc) is 3.29. The molecule has 0 saturated heterocycles. The van der Waals surface area contributed by atoms with Crippen LogP contribution in [0.25, 0.3) is 55.7 Å². The molecule has 7 aromatic carbocycles. The van der Waals surface area contributed by atoms with Crippen molar-refractivity contribution in [3.8, 4) is 33.6 Å². The van der Waals surface area contributed by atoms with Crippen LogP contribution in [-0.4, -0.2) is 9.13 Å². The van der Waals surface area contributed by atoms with Crippen molar-refractivity contribution >= 4 is 22.0 Å². The molecule has 4 heteroatoms. The maximum absolute atomic E-state index is 14.5. The first-order valence-corrected chi connectivity index (χ1v) is 20.5. The summed E-state index contributed by atoms with van der Waals surface area (Å²) >= 11 is 0. The molecule has 0 amide bonds. The molecular formula is C55H48N2O2. The standard InChI is InChI=1S/C55H48N2O2/c1-5-38(3)53(45-30-28-44(29-31-45)42-18-9-7-10-19-42)50-25-14-13-24-49(50)40(6-2)36-39(4)41-32-34-47(35-33-41)56-52-27-16-15-26-51(52)54(58)57(55(56)59)48-23-17-22-46(37-48)43-20-11-8-12-21-43/h7-37,40H,5-6H2,1-4H3/b39-36+,53-38-. The van der Waals surface area contributed by atoms with E-state index in [4.69, 9.17) is 0 Å². The molecule has 0 radical (unpaired) electrons. The molecule has 0 aliphatic carbocycles. The number of hydrogen-bond acceptors (Lipinski definition) is 2. The van der Waals surface area contributed by atoms with Gasteiger partial charge in [-0.15, -0.1) is 0 Å². The Balaban J connectivity index is 1.14. The largest absolute Gasteiger partial charge is 0.340 e. The van der Waals surface area contributed by atoms with Crippen molar-refractivity contribution in [2.24, 2.45) is 0 Å². The van der Waals surface area contributed by atoms with Crippen molar-refractivity contribution in [2.45, 2.75) is 46.5 Å². The van der Waals surface area contributed by atoms with Gasteiger partial charge in [-0.1, -0.05) is 171 Å². The Morgan fingerprint density at radius 3 is 1.80 bits per heavy atom. The molecule has 1 atom stereocenters. The molecule has 1 heterocycles. The highest BCUT2D eigenvalue weighted by Gasteiger charge is 2.19. The Bertz CT molecular complexity index is 2930. The number of benzene rings is 7. The van der Waals surface area contributed by atoms with Gasteiger partial charge in [-0.2, -0.15) is 0 Å². The van der Waals surface area contributed by atoms with Crippen LogP contribution >= 0.6 is 0 Å². The van der Waals surface area contributed by atoms with Gasteiger partial charge >= 0.3 is 5.69 Å². The molecule has 0 spiro atoms. The normalized spacial score (nSPS) is 12.6. The van der Waals surface area contributed by atoms with Crippen LogP contribution in [0.2, 0.25) is 0 Å². The van der Waals surface area contributed by atoms with Crippen LogP contribution in [0, 0.1) is 0 Å². The van der Waals surface area contributed by atoms with Gasteiger partial charge in [0.15, 0.2) is 0 Å². The number of nitrogens with zero attached hydrogens (tertiary/aromatic N) is 2. The summed E-state index contributed by atoms with van der Waals surface area (Å²) in [5.74, 6) is 0.177. The van der Waals surface area contributed by atoms with Crippen molar-refractivity contribution in [1.82, 2.24) is 9.13 Å². The molecule has 59 heavy (non-hydrogen) atoms. The molecule has 0 bridgehead atoms. The summed E-state index contributed by atoms with van der Waals surface area (Å²) in [6.45, 7) is 8.90. The Hall–Kier alpha value is -7.04. The Labute approximate surface area is 346 Å². The molecule has 0 saturated carbocycles. The minimum absolute atomic E-state index is 0.177. The van der Waals surface area contributed by atoms with Crippen LogP contribution in [0.1, 0.15) is 68.7 Å². The van der Waals surface area contributed by atoms with Crippen LogP contribution < -0.4 is 11.2 Å². The molecule has 0 fully saturated rings. The fraction of sp³-hybridized carbons (Fsp3) is 0.127. The van der Waals surface area contributed by atoms with Crippen LogP contribution in [0.5, 0.6) is 0 Å². The van der Waals surface area contributed by atoms with Gasteiger partial charge in [0.25, 0.3) is 5.56 Å². The lowest BCUT2D eigenvalue weighted by Crippen LogP contribution is -2.38. The minimum Gasteiger partial charge on any atom is -0.268 e. The molecule has 1 aromatic heterocycles. The number of aromatic nitrogens is 2. The first kappa shape index (κ1) is 38.8. The van der Waals surface area contributed by atoms with Crippen molar-refractivity contribution in [3.63, 3.8) is 0 Å². The second kappa shape index (κ2) is 17.2. The Morgan fingerprint density at radius 2 is 1.12 bits per heavy atom. The van der Waals surface area contributed by atoms with E-state index in [9.17, 15) is 9.59 Å². The molecule has 8 aromatic rings. The summed E-state index contributed by atoms with van der Waals surface area (Å²) in [4.78, 5) is 28.4. The van der Waals surface area contributed by atoms with E-state index in [0.717, 1.165) is 35.1 Å². The summed E-state index contributed by atoms with van der Waals surface area (Å²) in [6.07, 6.45) is 4.27. The number of rotatable bonds is 11. The van der Waals surface area contributed by atoms with E-state index >= 15 is 0 Å². The maximum Gasteiger partial charge on any atom is 0.340 e. The van der Waals surface area contributed by atoms with E-state index in [1.807, 2.05) is 84.9 Å². The quantitative estimate of drug-likeness (QED) is 0.132. The predicted octanol–water partition coefficient (Wildman–Crippen LogP) is 13.3. The van der Waals surface area contributed by atoms with Crippen LogP contribution in [0.15, 0.2) is 203 Å². The maximum atomic E-state index is 14.5. The van der Waals surface area contributed by atoms with Crippen molar-refractivity contribution < 1.29 is 0 Å². The third-order valence-electron chi connectivity index (χ3n) is 11.5. The summed E-state index contributed by atoms with van der Waals surface area (Å²) in [7, 11) is 0. The predicted molar refractivity (Wildman–Crippen MR) is 248 cm³/mol. The van der Waals surface area contributed by atoms with Gasteiger partial charge in [-0.25, -0.2) is 9.36 Å². The SMILES string of the molecule is CC/C(C)=C(/c1ccc(-c2ccccc2)cc1)c1ccccc1C(/C=C(\C)c1ccc(-n2c(=O)n(-c3cccc(-c4ccccc4)c3)c(=O)c3ccccc32)cc1)CC. The van der Waals surface area contributed by atoms with Gasteiger partial charge in [-0.05, 0) is 119 Å². The fourth-order valence-electron chi connectivity index (χ4n) is 8.21. The lowest BCUT2D eigenvalue weighted by atomic mass is 9.83. The molecule has 1 unspecified atom stereocenters. The summed E-state index contributed by atoms with van der Waals surface area (Å²) < 4.78 is 2.94. The van der Waals surface area contributed by atoms with E-state index in [0.29, 0.717) is 22.3 Å². The number of fused-ring (bicyclic) bond motifs is 1. The fourth-order valence-corrected chi connectivity index (χ4v) is 8.21. The highest BCUT2D eigenvalue weighted by molar-refractivity contribution is 5.85. The van der Waals surface area contributed by atoms with Gasteiger partial charge in [-0.3, -0.25) is 9.36 Å². The summed E-state index contributed by atoms with van der Waals surface area (Å²) in [5.41, 5.74) is 14.1. The van der Waals surface area contributed by atoms with E-state index in [-0.39, 0.29) is 11.5 Å². The smallest absolute Gasteiger partial charge is 0.268 e. The number of hydrogen-bond donors (Lipinski definition) is 0. The third-order valence-corrected chi connectivity index (χ3v) is 11.5. The monoisotopic (exact) mass is 768 g/mol. The molecule has 0 aliphatic rings. The zero-order valence-electron chi connectivity index (χ0n) is 34.1. The first-order valence-electron chi connectivity index (χ1n) is 20.5. The van der Waals surface area contributed by atoms with E-state index in [1.54, 1.807) is 10.6 Å². The minimum atomic E-state index is -0.414. The molecule has 290 valence electrons. The van der Waals surface area contributed by atoms with Crippen molar-refractivity contribution in [1.29, 1.82) is 0 Å². The molecular weight excluding hydrogens is 721 g/mol. The van der Waals surface area contributed by atoms with Gasteiger partial charge in [0.2, 0.25) is 0 Å². The lowest BCUT2D eigenvalue weighted by molar-refractivity contribution is 0.803. The van der Waals surface area contributed by atoms with Crippen LogP contribution in [-0.2, 0) is 0 Å². The zero-order chi connectivity index (χ0) is 40.9. The summed E-state index contributed by atoms with van der Waals surface area (Å²) in [6, 6.07) is 61.4. The highest BCUT2D eigenvalue weighted by Crippen LogP contribution is 2.37. The number of para-hydroxylation sites is 1. The van der Waals surface area contributed by atoms with E-state index in [1.165, 1.54) is 43.5 Å². The second-order valence-corrected chi connectivity index (χ2v) is 15.1. The molecule has 0 N–H and O–H groups in total. The Morgan fingerprint density at radius 1 is 0.542 bits per heavy atom. The average molecular weight is 769 g/mol. The van der Waals surface area contributed by atoms with Gasteiger partial charge in [0.1, 0.15) is 0 Å². The van der Waals surface area contributed by atoms with Crippen LogP contribution in [0.4, 0.5) is 0 Å². The van der Waals surface area contributed by atoms with Crippen molar-refractivity contribution in [2.75, 3.05) is 0 Å². The van der Waals surface area contributed by atoms with Gasteiger partial charge in [0, 0.05) is 5.92 Å². The molecule has 0 aliphatic heterocycles. The third kappa shape index (κ3) is 7.82. The van der Waals surface area contributed by atoms with Gasteiger partial charge < -0.3 is 0 Å². The molecule has 8 rings (SSSR count). The molecule has 4 nitrogen and oxygen atoms in total. The topological polar surface area (TPSA) is 44.0 Å². The highest BCUT2D eigenvalue weighted by atomic mass is 16.2. The van der Waals surface area contributed by atoms with Crippen molar-refractivity contribution in [3.05, 3.63) is 237 Å². The number of allylic oxidation sites excluding steroid dienone is 3.